The second-order valence-electron chi connectivity index (χ2n) is 4.13. The van der Waals surface area contributed by atoms with Crippen molar-refractivity contribution in [2.75, 3.05) is 7.11 Å². The van der Waals surface area contributed by atoms with Crippen LogP contribution >= 0.6 is 0 Å². The van der Waals surface area contributed by atoms with Crippen molar-refractivity contribution in [2.24, 2.45) is 0 Å². The summed E-state index contributed by atoms with van der Waals surface area (Å²) in [5.74, 6) is 0.305. The molecule has 0 amide bonds. The monoisotopic (exact) mass is 261 g/mol. The molecule has 0 saturated heterocycles. The molecule has 0 aliphatic rings. The third-order valence-corrected chi connectivity index (χ3v) is 2.53. The van der Waals surface area contributed by atoms with Crippen LogP contribution in [0.15, 0.2) is 34.9 Å². The van der Waals surface area contributed by atoms with Crippen LogP contribution in [0.2, 0.25) is 0 Å². The fourth-order valence-corrected chi connectivity index (χ4v) is 1.61. The second kappa shape index (κ2) is 6.15. The maximum absolute atomic E-state index is 11.8. The third kappa shape index (κ3) is 3.66. The highest BCUT2D eigenvalue weighted by Gasteiger charge is 2.09. The van der Waals surface area contributed by atoms with Crippen LogP contribution in [0.25, 0.3) is 0 Å². The Labute approximate surface area is 111 Å². The Kier molecular flexibility index (Phi) is 4.30. The molecule has 5 heteroatoms. The van der Waals surface area contributed by atoms with Gasteiger partial charge in [0.25, 0.3) is 0 Å². The van der Waals surface area contributed by atoms with E-state index in [4.69, 9.17) is 14.0 Å². The summed E-state index contributed by atoms with van der Waals surface area (Å²) in [7, 11) is 1.63. The lowest BCUT2D eigenvalue weighted by molar-refractivity contribution is 0.0464. The minimum Gasteiger partial charge on any atom is -0.455 e. The predicted octanol–water partition coefficient (Wildman–Crippen LogP) is 2.49. The summed E-state index contributed by atoms with van der Waals surface area (Å²) in [6.45, 7) is 2.41. The molecule has 0 unspecified atom stereocenters. The lowest BCUT2D eigenvalue weighted by Gasteiger charge is -2.04. The highest BCUT2D eigenvalue weighted by Crippen LogP contribution is 2.09. The number of carbonyl (C=O) groups excluding carboxylic acids is 1. The van der Waals surface area contributed by atoms with Crippen molar-refractivity contribution in [1.29, 1.82) is 0 Å². The molecule has 0 aliphatic carbocycles. The number of esters is 1. The Morgan fingerprint density at radius 3 is 2.58 bits per heavy atom. The first-order valence-corrected chi connectivity index (χ1v) is 5.86. The molecule has 1 heterocycles. The first-order chi connectivity index (χ1) is 9.19. The molecule has 0 fully saturated rings. The number of hydrogen-bond acceptors (Lipinski definition) is 5. The van der Waals surface area contributed by atoms with Crippen LogP contribution < -0.4 is 0 Å². The number of nitrogens with zero attached hydrogens (tertiary/aromatic N) is 1. The van der Waals surface area contributed by atoms with Gasteiger partial charge in [-0.2, -0.15) is 0 Å². The molecule has 1 aromatic heterocycles. The lowest BCUT2D eigenvalue weighted by Crippen LogP contribution is -2.05. The van der Waals surface area contributed by atoms with Crippen molar-refractivity contribution in [3.05, 3.63) is 52.9 Å². The van der Waals surface area contributed by atoms with Crippen LogP contribution in [0.4, 0.5) is 0 Å². The van der Waals surface area contributed by atoms with Crippen LogP contribution in [0.5, 0.6) is 0 Å². The van der Waals surface area contributed by atoms with Crippen molar-refractivity contribution in [3.8, 4) is 0 Å². The summed E-state index contributed by atoms with van der Waals surface area (Å²) in [4.78, 5) is 11.8. The molecule has 5 nitrogen and oxygen atoms in total. The Morgan fingerprint density at radius 2 is 2.00 bits per heavy atom. The fourth-order valence-electron chi connectivity index (χ4n) is 1.61. The van der Waals surface area contributed by atoms with Crippen LogP contribution in [-0.2, 0) is 22.7 Å². The Bertz CT molecular complexity index is 545. The molecule has 0 radical (unpaired) electrons. The maximum Gasteiger partial charge on any atom is 0.338 e. The first kappa shape index (κ1) is 13.3. The fraction of sp³-hybridized carbons (Fsp3) is 0.286. The van der Waals surface area contributed by atoms with E-state index >= 15 is 0 Å². The van der Waals surface area contributed by atoms with E-state index in [0.717, 1.165) is 5.56 Å². The van der Waals surface area contributed by atoms with Gasteiger partial charge in [0.2, 0.25) is 0 Å². The summed E-state index contributed by atoms with van der Waals surface area (Å²) < 4.78 is 15.0. The topological polar surface area (TPSA) is 61.6 Å². The van der Waals surface area contributed by atoms with Crippen LogP contribution in [0.3, 0.4) is 0 Å². The molecule has 100 valence electrons. The van der Waals surface area contributed by atoms with E-state index in [9.17, 15) is 4.79 Å². The molecular weight excluding hydrogens is 246 g/mol. The van der Waals surface area contributed by atoms with E-state index < -0.39 is 0 Å². The summed E-state index contributed by atoms with van der Waals surface area (Å²) in [5, 5.41) is 3.75. The third-order valence-electron chi connectivity index (χ3n) is 2.53. The Morgan fingerprint density at radius 1 is 1.26 bits per heavy atom. The summed E-state index contributed by atoms with van der Waals surface area (Å²) in [6, 6.07) is 8.82. The molecule has 19 heavy (non-hydrogen) atoms. The van der Waals surface area contributed by atoms with E-state index in [-0.39, 0.29) is 12.6 Å². The zero-order valence-corrected chi connectivity index (χ0v) is 10.9. The molecule has 2 rings (SSSR count). The second-order valence-corrected chi connectivity index (χ2v) is 4.13. The molecule has 0 aliphatic heterocycles. The van der Waals surface area contributed by atoms with Crippen molar-refractivity contribution in [2.45, 2.75) is 20.1 Å². The number of aryl methyl sites for hydroxylation is 1. The minimum absolute atomic E-state index is 0.107. The molecule has 0 atom stereocenters. The van der Waals surface area contributed by atoms with Gasteiger partial charge in [-0.1, -0.05) is 17.3 Å². The Balaban J connectivity index is 1.92. The van der Waals surface area contributed by atoms with Gasteiger partial charge in [-0.15, -0.1) is 0 Å². The van der Waals surface area contributed by atoms with Crippen LogP contribution in [-0.4, -0.2) is 18.2 Å². The van der Waals surface area contributed by atoms with Gasteiger partial charge in [-0.3, -0.25) is 0 Å². The van der Waals surface area contributed by atoms with Gasteiger partial charge in [0.15, 0.2) is 0 Å². The number of benzene rings is 1. The summed E-state index contributed by atoms with van der Waals surface area (Å²) >= 11 is 0. The smallest absolute Gasteiger partial charge is 0.338 e. The zero-order chi connectivity index (χ0) is 13.7. The molecule has 1 aromatic carbocycles. The van der Waals surface area contributed by atoms with Gasteiger partial charge in [-0.25, -0.2) is 4.79 Å². The number of rotatable bonds is 5. The number of ether oxygens (including phenoxy) is 2. The average molecular weight is 261 g/mol. The normalized spacial score (nSPS) is 10.4. The minimum atomic E-state index is -0.385. The molecule has 0 spiro atoms. The molecule has 0 saturated carbocycles. The highest BCUT2D eigenvalue weighted by molar-refractivity contribution is 5.89. The van der Waals surface area contributed by atoms with Crippen molar-refractivity contribution in [1.82, 2.24) is 5.16 Å². The van der Waals surface area contributed by atoms with Gasteiger partial charge in [0.05, 0.1) is 12.2 Å². The van der Waals surface area contributed by atoms with Crippen molar-refractivity contribution < 1.29 is 18.8 Å². The molecular formula is C14H15NO4. The largest absolute Gasteiger partial charge is 0.455 e. The highest BCUT2D eigenvalue weighted by atomic mass is 16.5. The van der Waals surface area contributed by atoms with E-state index in [0.29, 0.717) is 23.6 Å². The van der Waals surface area contributed by atoms with Crippen LogP contribution in [0, 0.1) is 6.92 Å². The number of carbonyl (C=O) groups is 1. The van der Waals surface area contributed by atoms with Crippen molar-refractivity contribution >= 4 is 5.97 Å². The number of aromatic nitrogens is 1. The van der Waals surface area contributed by atoms with Crippen LogP contribution in [0.1, 0.15) is 27.4 Å². The van der Waals surface area contributed by atoms with E-state index in [1.54, 1.807) is 32.2 Å². The van der Waals surface area contributed by atoms with Gasteiger partial charge in [0.1, 0.15) is 18.1 Å². The molecule has 0 bridgehead atoms. The van der Waals surface area contributed by atoms with E-state index in [1.165, 1.54) is 0 Å². The summed E-state index contributed by atoms with van der Waals surface area (Å²) in [5.41, 5.74) is 2.10. The SMILES string of the molecule is COCc1ccc(C(=O)OCc2cc(C)on2)cc1. The predicted molar refractivity (Wildman–Crippen MR) is 67.5 cm³/mol. The zero-order valence-electron chi connectivity index (χ0n) is 10.9. The van der Waals surface area contributed by atoms with Gasteiger partial charge < -0.3 is 14.0 Å². The van der Waals surface area contributed by atoms with Gasteiger partial charge >= 0.3 is 5.97 Å². The first-order valence-electron chi connectivity index (χ1n) is 5.86. The van der Waals surface area contributed by atoms with E-state index in [2.05, 4.69) is 5.16 Å². The average Bonchev–Trinajstić information content (AvgIpc) is 2.83. The maximum atomic E-state index is 11.8. The standard InChI is InChI=1S/C14H15NO4/c1-10-7-13(15-19-10)9-18-14(16)12-5-3-11(4-6-12)8-17-2/h3-7H,8-9H2,1-2H3. The number of methoxy groups -OCH3 is 1. The van der Waals surface area contributed by atoms with E-state index in [1.807, 2.05) is 12.1 Å². The quantitative estimate of drug-likeness (QED) is 0.774. The Hall–Kier alpha value is -2.14. The van der Waals surface area contributed by atoms with Crippen molar-refractivity contribution in [3.63, 3.8) is 0 Å². The van der Waals surface area contributed by atoms with Gasteiger partial charge in [0, 0.05) is 13.2 Å². The number of hydrogen-bond donors (Lipinski definition) is 0. The molecule has 2 aromatic rings. The lowest BCUT2D eigenvalue weighted by atomic mass is 10.1. The molecule has 0 N–H and O–H groups in total. The summed E-state index contributed by atoms with van der Waals surface area (Å²) in [6.07, 6.45) is 0. The van der Waals surface area contributed by atoms with Gasteiger partial charge in [-0.05, 0) is 24.6 Å².